The molecule has 0 fully saturated rings. The van der Waals surface area contributed by atoms with Crippen molar-refractivity contribution in [3.8, 4) is 11.5 Å². The zero-order valence-corrected chi connectivity index (χ0v) is 19.3. The number of aromatic nitrogens is 6. The number of nitrogens with one attached hydrogen (secondary N) is 1. The molecule has 0 spiro atoms. The third-order valence-electron chi connectivity index (χ3n) is 5.59. The van der Waals surface area contributed by atoms with Gasteiger partial charge in [0.15, 0.2) is 0 Å². The average molecular weight is 488 g/mol. The van der Waals surface area contributed by atoms with Crippen molar-refractivity contribution in [2.75, 3.05) is 5.32 Å². The molecule has 35 heavy (non-hydrogen) atoms. The van der Waals surface area contributed by atoms with Gasteiger partial charge in [-0.3, -0.25) is 4.68 Å². The Labute approximate surface area is 205 Å². The van der Waals surface area contributed by atoms with E-state index in [9.17, 15) is 4.39 Å². The Hall–Kier alpha value is -4.37. The highest BCUT2D eigenvalue weighted by molar-refractivity contribution is 5.94. The number of aryl methyl sites for hydroxylation is 1. The summed E-state index contributed by atoms with van der Waals surface area (Å²) >= 11 is 0. The lowest BCUT2D eigenvalue weighted by Gasteiger charge is -2.10. The van der Waals surface area contributed by atoms with Crippen molar-refractivity contribution in [2.45, 2.75) is 13.5 Å². The maximum Gasteiger partial charge on any atom is 0.247 e. The van der Waals surface area contributed by atoms with E-state index in [1.807, 2.05) is 42.5 Å². The number of hydrogen-bond acceptors (Lipinski definition) is 7. The van der Waals surface area contributed by atoms with E-state index in [4.69, 9.17) is 4.42 Å². The Bertz CT molecular complexity index is 1660. The normalized spacial score (nSPS) is 11.0. The summed E-state index contributed by atoms with van der Waals surface area (Å²) in [5, 5.41) is 17.6. The van der Waals surface area contributed by atoms with Crippen LogP contribution in [-0.4, -0.2) is 29.9 Å². The van der Waals surface area contributed by atoms with Crippen molar-refractivity contribution >= 4 is 45.7 Å². The standard InChI is InChI=1S/C25H18FN7O.ClH/c1-15-31-32-25(34-15)16-6-8-22-20(11-16)24(28-14-27-22)30-19-7-9-23-18(10-19)12-29-33(23)13-17-4-2-3-5-21(17)26;/h2-12,14H,13H2,1H3,(H,27,28,30);1H. The fraction of sp³-hybridized carbons (Fsp3) is 0.0800. The number of rotatable bonds is 5. The summed E-state index contributed by atoms with van der Waals surface area (Å²) in [7, 11) is 0. The minimum absolute atomic E-state index is 0. The van der Waals surface area contributed by atoms with Crippen molar-refractivity contribution in [1.29, 1.82) is 0 Å². The van der Waals surface area contributed by atoms with Crippen molar-refractivity contribution in [3.63, 3.8) is 0 Å². The Kier molecular flexibility index (Phi) is 5.84. The van der Waals surface area contributed by atoms with Crippen LogP contribution in [0.25, 0.3) is 33.3 Å². The van der Waals surface area contributed by atoms with Gasteiger partial charge in [0.1, 0.15) is 18.0 Å². The van der Waals surface area contributed by atoms with Gasteiger partial charge in [0.05, 0.1) is 23.8 Å². The molecule has 10 heteroatoms. The molecular weight excluding hydrogens is 469 g/mol. The Morgan fingerprint density at radius 2 is 1.89 bits per heavy atom. The van der Waals surface area contributed by atoms with Gasteiger partial charge >= 0.3 is 0 Å². The summed E-state index contributed by atoms with van der Waals surface area (Å²) in [6, 6.07) is 18.3. The monoisotopic (exact) mass is 487 g/mol. The largest absolute Gasteiger partial charge is 0.421 e. The maximum atomic E-state index is 14.1. The first-order valence-corrected chi connectivity index (χ1v) is 10.7. The molecule has 0 aliphatic heterocycles. The molecule has 0 aliphatic carbocycles. The first kappa shape index (κ1) is 22.4. The predicted molar refractivity (Wildman–Crippen MR) is 133 cm³/mol. The number of halogens is 2. The van der Waals surface area contributed by atoms with Gasteiger partial charge in [-0.05, 0) is 42.5 Å². The molecule has 0 aliphatic rings. The minimum Gasteiger partial charge on any atom is -0.421 e. The zero-order valence-electron chi connectivity index (χ0n) is 18.5. The molecule has 6 aromatic rings. The second-order valence-corrected chi connectivity index (χ2v) is 7.87. The highest BCUT2D eigenvalue weighted by Crippen LogP contribution is 2.29. The van der Waals surface area contributed by atoms with Crippen LogP contribution in [0.3, 0.4) is 0 Å². The molecule has 0 radical (unpaired) electrons. The summed E-state index contributed by atoms with van der Waals surface area (Å²) in [4.78, 5) is 8.80. The van der Waals surface area contributed by atoms with E-state index >= 15 is 0 Å². The van der Waals surface area contributed by atoms with Gasteiger partial charge in [0.25, 0.3) is 0 Å². The fourth-order valence-corrected chi connectivity index (χ4v) is 3.92. The van der Waals surface area contributed by atoms with Crippen LogP contribution >= 0.6 is 12.4 Å². The first-order valence-electron chi connectivity index (χ1n) is 10.7. The van der Waals surface area contributed by atoms with Crippen LogP contribution in [-0.2, 0) is 6.54 Å². The van der Waals surface area contributed by atoms with E-state index in [1.54, 1.807) is 29.9 Å². The second kappa shape index (κ2) is 9.11. The van der Waals surface area contributed by atoms with Gasteiger partial charge in [-0.2, -0.15) is 5.10 Å². The first-order chi connectivity index (χ1) is 16.6. The number of benzene rings is 3. The quantitative estimate of drug-likeness (QED) is 0.333. The van der Waals surface area contributed by atoms with E-state index in [2.05, 4.69) is 30.6 Å². The molecule has 6 rings (SSSR count). The average Bonchev–Trinajstić information content (AvgIpc) is 3.46. The van der Waals surface area contributed by atoms with Crippen molar-refractivity contribution in [1.82, 2.24) is 29.9 Å². The fourth-order valence-electron chi connectivity index (χ4n) is 3.92. The molecule has 0 amide bonds. The number of fused-ring (bicyclic) bond motifs is 2. The van der Waals surface area contributed by atoms with Gasteiger partial charge in [0, 0.05) is 34.5 Å². The van der Waals surface area contributed by atoms with Gasteiger partial charge < -0.3 is 9.73 Å². The summed E-state index contributed by atoms with van der Waals surface area (Å²) < 4.78 is 21.4. The molecule has 174 valence electrons. The third-order valence-corrected chi connectivity index (χ3v) is 5.59. The van der Waals surface area contributed by atoms with Crippen molar-refractivity contribution < 1.29 is 8.81 Å². The number of hydrogen-bond donors (Lipinski definition) is 1. The van der Waals surface area contributed by atoms with Crippen LogP contribution in [0.2, 0.25) is 0 Å². The SMILES string of the molecule is Cc1nnc(-c2ccc3ncnc(Nc4ccc5c(cnn5Cc5ccccc5F)c4)c3c2)o1.Cl. The lowest BCUT2D eigenvalue weighted by molar-refractivity contribution is 0.533. The minimum atomic E-state index is -0.241. The predicted octanol–water partition coefficient (Wildman–Crippen LogP) is 5.69. The zero-order chi connectivity index (χ0) is 23.1. The van der Waals surface area contributed by atoms with E-state index in [1.165, 1.54) is 12.4 Å². The van der Waals surface area contributed by atoms with Crippen LogP contribution in [0, 0.1) is 12.7 Å². The maximum absolute atomic E-state index is 14.1. The lowest BCUT2D eigenvalue weighted by atomic mass is 10.1. The molecule has 3 aromatic carbocycles. The third kappa shape index (κ3) is 4.29. The van der Waals surface area contributed by atoms with E-state index < -0.39 is 0 Å². The van der Waals surface area contributed by atoms with Crippen LogP contribution in [0.5, 0.6) is 0 Å². The molecule has 3 heterocycles. The van der Waals surface area contributed by atoms with Crippen molar-refractivity contribution in [2.24, 2.45) is 0 Å². The smallest absolute Gasteiger partial charge is 0.247 e. The molecule has 1 N–H and O–H groups in total. The lowest BCUT2D eigenvalue weighted by Crippen LogP contribution is -2.03. The molecule has 0 saturated heterocycles. The van der Waals surface area contributed by atoms with Gasteiger partial charge in [-0.15, -0.1) is 22.6 Å². The number of anilines is 2. The highest BCUT2D eigenvalue weighted by Gasteiger charge is 2.12. The van der Waals surface area contributed by atoms with Crippen LogP contribution in [0.15, 0.2) is 77.6 Å². The molecule has 8 nitrogen and oxygen atoms in total. The molecule has 0 saturated carbocycles. The molecular formula is C25H19ClFN7O. The van der Waals surface area contributed by atoms with Crippen LogP contribution in [0.4, 0.5) is 15.9 Å². The van der Waals surface area contributed by atoms with E-state index in [0.29, 0.717) is 29.7 Å². The van der Waals surface area contributed by atoms with Crippen LogP contribution < -0.4 is 5.32 Å². The second-order valence-electron chi connectivity index (χ2n) is 7.87. The topological polar surface area (TPSA) is 94.5 Å². The summed E-state index contributed by atoms with van der Waals surface area (Å²) in [6.07, 6.45) is 3.29. The van der Waals surface area contributed by atoms with Crippen LogP contribution in [0.1, 0.15) is 11.5 Å². The van der Waals surface area contributed by atoms with Gasteiger partial charge in [0.2, 0.25) is 11.8 Å². The summed E-state index contributed by atoms with van der Waals surface area (Å²) in [6.45, 7) is 2.11. The van der Waals surface area contributed by atoms with Gasteiger partial charge in [-0.1, -0.05) is 18.2 Å². The molecule has 0 atom stereocenters. The molecule has 0 bridgehead atoms. The molecule has 0 unspecified atom stereocenters. The summed E-state index contributed by atoms with van der Waals surface area (Å²) in [5.74, 6) is 1.36. The Balaban J connectivity index is 0.00000253. The highest BCUT2D eigenvalue weighted by atomic mass is 35.5. The van der Waals surface area contributed by atoms with Gasteiger partial charge in [-0.25, -0.2) is 14.4 Å². The van der Waals surface area contributed by atoms with E-state index in [-0.39, 0.29) is 18.2 Å². The Morgan fingerprint density at radius 1 is 1.00 bits per heavy atom. The van der Waals surface area contributed by atoms with Crippen molar-refractivity contribution in [3.05, 3.63) is 90.5 Å². The van der Waals surface area contributed by atoms with E-state index in [0.717, 1.165) is 33.1 Å². The summed E-state index contributed by atoms with van der Waals surface area (Å²) in [5.41, 5.74) is 3.92. The number of nitrogens with zero attached hydrogens (tertiary/aromatic N) is 6. The Morgan fingerprint density at radius 3 is 2.71 bits per heavy atom. The molecule has 3 aromatic heterocycles.